The Bertz CT molecular complexity index is 924. The largest absolute Gasteiger partial charge is 0.339 e. The second-order valence-corrected chi connectivity index (χ2v) is 7.05. The van der Waals surface area contributed by atoms with Crippen molar-refractivity contribution in [1.29, 1.82) is 0 Å². The third-order valence-electron chi connectivity index (χ3n) is 4.17. The van der Waals surface area contributed by atoms with E-state index < -0.39 is 0 Å². The van der Waals surface area contributed by atoms with Gasteiger partial charge < -0.3 is 9.42 Å². The Morgan fingerprint density at radius 2 is 2.07 bits per heavy atom. The average molecular weight is 368 g/mol. The molecular weight excluding hydrogens is 344 g/mol. The van der Waals surface area contributed by atoms with Crippen LogP contribution in [0.3, 0.4) is 0 Å². The SMILES string of the molecule is Cc1nc(-c2cccc(C(=O)N(C)Cc3noc(CC(C)C)n3)c2)nn1C. The van der Waals surface area contributed by atoms with Crippen molar-refractivity contribution in [1.82, 2.24) is 29.8 Å². The summed E-state index contributed by atoms with van der Waals surface area (Å²) in [5.74, 6) is 2.82. The molecule has 1 amide bonds. The smallest absolute Gasteiger partial charge is 0.254 e. The van der Waals surface area contributed by atoms with Gasteiger partial charge >= 0.3 is 0 Å². The Morgan fingerprint density at radius 1 is 1.30 bits per heavy atom. The van der Waals surface area contributed by atoms with Gasteiger partial charge in [-0.05, 0) is 25.0 Å². The lowest BCUT2D eigenvalue weighted by Gasteiger charge is -2.15. The van der Waals surface area contributed by atoms with Gasteiger partial charge in [-0.1, -0.05) is 31.1 Å². The molecule has 0 aliphatic heterocycles. The molecule has 8 heteroatoms. The molecule has 0 unspecified atom stereocenters. The van der Waals surface area contributed by atoms with E-state index in [9.17, 15) is 4.79 Å². The third kappa shape index (κ3) is 4.39. The summed E-state index contributed by atoms with van der Waals surface area (Å²) in [6.45, 7) is 6.35. The van der Waals surface area contributed by atoms with Crippen molar-refractivity contribution >= 4 is 5.91 Å². The summed E-state index contributed by atoms with van der Waals surface area (Å²) >= 11 is 0. The number of rotatable bonds is 6. The minimum atomic E-state index is -0.125. The minimum Gasteiger partial charge on any atom is -0.339 e. The minimum absolute atomic E-state index is 0.125. The molecule has 0 saturated carbocycles. The van der Waals surface area contributed by atoms with Gasteiger partial charge in [0.25, 0.3) is 5.91 Å². The molecule has 3 aromatic rings. The fraction of sp³-hybridized carbons (Fsp3) is 0.421. The lowest BCUT2D eigenvalue weighted by molar-refractivity contribution is 0.0780. The van der Waals surface area contributed by atoms with Crippen molar-refractivity contribution < 1.29 is 9.32 Å². The Hall–Kier alpha value is -3.03. The van der Waals surface area contributed by atoms with Gasteiger partial charge in [-0.15, -0.1) is 0 Å². The van der Waals surface area contributed by atoms with Crippen LogP contribution in [0.1, 0.15) is 41.7 Å². The van der Waals surface area contributed by atoms with Gasteiger partial charge in [-0.25, -0.2) is 4.98 Å². The van der Waals surface area contributed by atoms with Crippen LogP contribution in [0.5, 0.6) is 0 Å². The molecule has 2 aromatic heterocycles. The Morgan fingerprint density at radius 3 is 2.74 bits per heavy atom. The van der Waals surface area contributed by atoms with Gasteiger partial charge in [0.1, 0.15) is 5.82 Å². The topological polar surface area (TPSA) is 89.9 Å². The van der Waals surface area contributed by atoms with E-state index in [1.807, 2.05) is 26.1 Å². The van der Waals surface area contributed by atoms with Crippen LogP contribution in [-0.2, 0) is 20.0 Å². The second-order valence-electron chi connectivity index (χ2n) is 7.05. The van der Waals surface area contributed by atoms with Crippen LogP contribution >= 0.6 is 0 Å². The molecule has 0 spiro atoms. The zero-order valence-corrected chi connectivity index (χ0v) is 16.3. The van der Waals surface area contributed by atoms with Gasteiger partial charge in [0.05, 0.1) is 6.54 Å². The molecule has 0 atom stereocenters. The van der Waals surface area contributed by atoms with Gasteiger partial charge in [0, 0.05) is 31.6 Å². The van der Waals surface area contributed by atoms with E-state index in [0.717, 1.165) is 17.8 Å². The number of carbonyl (C=O) groups excluding carboxylic acids is 1. The van der Waals surface area contributed by atoms with E-state index in [2.05, 4.69) is 34.1 Å². The highest BCUT2D eigenvalue weighted by molar-refractivity contribution is 5.95. The highest BCUT2D eigenvalue weighted by Gasteiger charge is 2.17. The fourth-order valence-electron chi connectivity index (χ4n) is 2.67. The normalized spacial score (nSPS) is 11.2. The Labute approximate surface area is 158 Å². The third-order valence-corrected chi connectivity index (χ3v) is 4.17. The van der Waals surface area contributed by atoms with Crippen molar-refractivity contribution in [3.8, 4) is 11.4 Å². The van der Waals surface area contributed by atoms with Crippen LogP contribution in [0, 0.1) is 12.8 Å². The molecule has 142 valence electrons. The van der Waals surface area contributed by atoms with Gasteiger partial charge in [0.15, 0.2) is 11.6 Å². The van der Waals surface area contributed by atoms with E-state index >= 15 is 0 Å². The molecule has 27 heavy (non-hydrogen) atoms. The molecule has 0 radical (unpaired) electrons. The number of aromatic nitrogens is 5. The molecule has 0 saturated heterocycles. The van der Waals surface area contributed by atoms with Gasteiger partial charge in [-0.3, -0.25) is 9.48 Å². The first-order chi connectivity index (χ1) is 12.8. The number of hydrogen-bond donors (Lipinski definition) is 0. The summed E-state index contributed by atoms with van der Waals surface area (Å²) in [4.78, 5) is 23.1. The lowest BCUT2D eigenvalue weighted by Crippen LogP contribution is -2.26. The number of carbonyl (C=O) groups is 1. The van der Waals surface area contributed by atoms with Crippen molar-refractivity contribution in [3.63, 3.8) is 0 Å². The summed E-state index contributed by atoms with van der Waals surface area (Å²) in [6, 6.07) is 7.30. The Balaban J connectivity index is 1.73. The number of benzene rings is 1. The lowest BCUT2D eigenvalue weighted by atomic mass is 10.1. The van der Waals surface area contributed by atoms with Crippen LogP contribution in [0.2, 0.25) is 0 Å². The molecule has 0 aliphatic rings. The highest BCUT2D eigenvalue weighted by Crippen LogP contribution is 2.18. The number of nitrogens with zero attached hydrogens (tertiary/aromatic N) is 6. The molecule has 0 bridgehead atoms. The van der Waals surface area contributed by atoms with Crippen LogP contribution in [0.4, 0.5) is 0 Å². The van der Waals surface area contributed by atoms with Crippen LogP contribution < -0.4 is 0 Å². The molecule has 1 aromatic carbocycles. The standard InChI is InChI=1S/C19H24N6O2/c1-12(2)9-17-21-16(23-27-17)11-24(4)19(26)15-8-6-7-14(10-15)18-20-13(3)25(5)22-18/h6-8,10,12H,9,11H2,1-5H3. The molecule has 0 fully saturated rings. The number of aryl methyl sites for hydroxylation is 2. The van der Waals surface area contributed by atoms with E-state index in [0.29, 0.717) is 29.0 Å². The zero-order chi connectivity index (χ0) is 19.6. The highest BCUT2D eigenvalue weighted by atomic mass is 16.5. The monoisotopic (exact) mass is 368 g/mol. The first kappa shape index (κ1) is 18.8. The van der Waals surface area contributed by atoms with Crippen molar-refractivity contribution in [2.24, 2.45) is 13.0 Å². The van der Waals surface area contributed by atoms with Crippen molar-refractivity contribution in [3.05, 3.63) is 47.4 Å². The first-order valence-corrected chi connectivity index (χ1v) is 8.88. The summed E-state index contributed by atoms with van der Waals surface area (Å²) in [5.41, 5.74) is 1.36. The molecule has 0 N–H and O–H groups in total. The maximum Gasteiger partial charge on any atom is 0.254 e. The van der Waals surface area contributed by atoms with E-state index in [4.69, 9.17) is 4.52 Å². The molecule has 3 rings (SSSR count). The van der Waals surface area contributed by atoms with Crippen molar-refractivity contribution in [2.45, 2.75) is 33.7 Å². The number of amides is 1. The maximum absolute atomic E-state index is 12.8. The molecular formula is C19H24N6O2. The Kier molecular flexibility index (Phi) is 5.34. The van der Waals surface area contributed by atoms with E-state index in [1.165, 1.54) is 0 Å². The van der Waals surface area contributed by atoms with Gasteiger partial charge in [-0.2, -0.15) is 10.1 Å². The average Bonchev–Trinajstić information content (AvgIpc) is 3.20. The predicted octanol–water partition coefficient (Wildman–Crippen LogP) is 2.64. The van der Waals surface area contributed by atoms with E-state index in [1.54, 1.807) is 28.8 Å². The van der Waals surface area contributed by atoms with Crippen LogP contribution in [-0.4, -0.2) is 42.8 Å². The summed E-state index contributed by atoms with van der Waals surface area (Å²) in [7, 11) is 3.56. The second kappa shape index (κ2) is 7.69. The van der Waals surface area contributed by atoms with Gasteiger partial charge in [0.2, 0.25) is 5.89 Å². The van der Waals surface area contributed by atoms with Crippen LogP contribution in [0.15, 0.2) is 28.8 Å². The summed E-state index contributed by atoms with van der Waals surface area (Å²) < 4.78 is 6.94. The maximum atomic E-state index is 12.8. The summed E-state index contributed by atoms with van der Waals surface area (Å²) in [5, 5.41) is 8.33. The quantitative estimate of drug-likeness (QED) is 0.664. The number of hydrogen-bond acceptors (Lipinski definition) is 6. The molecule has 8 nitrogen and oxygen atoms in total. The van der Waals surface area contributed by atoms with Crippen molar-refractivity contribution in [2.75, 3.05) is 7.05 Å². The fourth-order valence-corrected chi connectivity index (χ4v) is 2.67. The predicted molar refractivity (Wildman–Crippen MR) is 99.8 cm³/mol. The molecule has 0 aliphatic carbocycles. The first-order valence-electron chi connectivity index (χ1n) is 8.88. The molecule has 2 heterocycles. The zero-order valence-electron chi connectivity index (χ0n) is 16.3. The van der Waals surface area contributed by atoms with Crippen LogP contribution in [0.25, 0.3) is 11.4 Å². The van der Waals surface area contributed by atoms with E-state index in [-0.39, 0.29) is 12.5 Å². The summed E-state index contributed by atoms with van der Waals surface area (Å²) in [6.07, 6.45) is 0.725.